The van der Waals surface area contributed by atoms with E-state index in [1.807, 2.05) is 71.9 Å². The molecule has 0 aliphatic carbocycles. The van der Waals surface area contributed by atoms with Crippen LogP contribution in [0.3, 0.4) is 0 Å². The number of hydrogen-bond donors (Lipinski definition) is 8. The van der Waals surface area contributed by atoms with E-state index in [9.17, 15) is 33.6 Å². The van der Waals surface area contributed by atoms with Crippen molar-refractivity contribution in [3.63, 3.8) is 0 Å². The molecule has 1 aliphatic heterocycles. The van der Waals surface area contributed by atoms with Gasteiger partial charge >= 0.3 is 5.97 Å². The Morgan fingerprint density at radius 3 is 1.39 bits per heavy atom. The van der Waals surface area contributed by atoms with Gasteiger partial charge in [-0.2, -0.15) is 0 Å². The molecule has 0 spiro atoms. The second kappa shape index (κ2) is 28.9. The highest BCUT2D eigenvalue weighted by Gasteiger charge is 2.32. The Bertz CT molecular complexity index is 1550. The molecule has 1 saturated heterocycles. The van der Waals surface area contributed by atoms with Crippen LogP contribution in [0.4, 0.5) is 0 Å². The summed E-state index contributed by atoms with van der Waals surface area (Å²) in [6.45, 7) is 19.7. The van der Waals surface area contributed by atoms with Crippen molar-refractivity contribution < 1.29 is 38.3 Å². The molecule has 1 aliphatic rings. The first kappa shape index (κ1) is 53.5. The Hall–Kier alpha value is -4.61. The van der Waals surface area contributed by atoms with Crippen LogP contribution in [0.5, 0.6) is 0 Å². The molecule has 6 amide bonds. The summed E-state index contributed by atoms with van der Waals surface area (Å²) in [7, 11) is 1.24. The third-order valence-electron chi connectivity index (χ3n) is 10.4. The van der Waals surface area contributed by atoms with Crippen molar-refractivity contribution in [2.75, 3.05) is 52.9 Å². The summed E-state index contributed by atoms with van der Waals surface area (Å²) in [5, 5.41) is 23.3. The molecule has 8 N–H and O–H groups in total. The highest BCUT2D eigenvalue weighted by Crippen LogP contribution is 2.11. The van der Waals surface area contributed by atoms with Gasteiger partial charge in [0, 0.05) is 6.42 Å². The zero-order valence-electron chi connectivity index (χ0n) is 38.7. The topological polar surface area (TPSA) is 228 Å². The summed E-state index contributed by atoms with van der Waals surface area (Å²) in [6, 6.07) is 3.03. The normalized spacial score (nSPS) is 17.2. The fourth-order valence-corrected chi connectivity index (χ4v) is 7.08. The predicted octanol–water partition coefficient (Wildman–Crippen LogP) is 1.15. The number of rotatable bonds is 22. The van der Waals surface area contributed by atoms with Gasteiger partial charge in [0.15, 0.2) is 0 Å². The lowest BCUT2D eigenvalue weighted by molar-refractivity contribution is -0.145. The molecule has 6 atom stereocenters. The van der Waals surface area contributed by atoms with Crippen molar-refractivity contribution >= 4 is 41.4 Å². The van der Waals surface area contributed by atoms with Gasteiger partial charge in [0.1, 0.15) is 36.3 Å². The van der Waals surface area contributed by atoms with Gasteiger partial charge in [-0.05, 0) is 115 Å². The maximum absolute atomic E-state index is 13.6. The fourth-order valence-electron chi connectivity index (χ4n) is 7.08. The van der Waals surface area contributed by atoms with E-state index in [0.717, 1.165) is 64.1 Å². The number of amides is 6. The number of carbonyl (C=O) groups is 7. The minimum absolute atomic E-state index is 0.0137. The molecule has 2 rings (SSSR count). The third-order valence-corrected chi connectivity index (χ3v) is 10.4. The number of esters is 1. The Morgan fingerprint density at radius 2 is 0.952 bits per heavy atom. The standard InChI is InChI=1S/C45H77N9O8/c1-29(2)24-35(50-39(55)28-54-22-14-20-46-18-13-19-47-21-15-23-54)42(58)48-32(7)40(56)51-36(25-30(3)4)43(59)49-33(8)41(57)52-37(26-31(5)6)44(60)53-38(45(61)62-9)27-34-16-11-10-12-17-34/h10-12,16-17,29-33,35-38,46-47H,13-15,18-28H2,1-9H3,(H,48,58)(H,49,59)(H,50,55)(H,51,56)(H,52,57)(H,53,60)/t32-,33-,35-,36-,37-,38-/m0/s1. The van der Waals surface area contributed by atoms with E-state index < -0.39 is 71.8 Å². The van der Waals surface area contributed by atoms with Crippen molar-refractivity contribution in [1.29, 1.82) is 0 Å². The van der Waals surface area contributed by atoms with Crippen LogP contribution in [0.15, 0.2) is 30.3 Å². The molecular formula is C45H77N9O8. The van der Waals surface area contributed by atoms with Crippen molar-refractivity contribution in [1.82, 2.24) is 47.4 Å². The minimum atomic E-state index is -1.11. The molecule has 0 aromatic heterocycles. The lowest BCUT2D eigenvalue weighted by Gasteiger charge is -2.27. The Balaban J connectivity index is 2.06. The second-order valence-electron chi connectivity index (χ2n) is 17.7. The van der Waals surface area contributed by atoms with E-state index in [1.165, 1.54) is 21.0 Å². The van der Waals surface area contributed by atoms with Gasteiger partial charge in [-0.3, -0.25) is 33.7 Å². The summed E-state index contributed by atoms with van der Waals surface area (Å²) in [4.78, 5) is 95.8. The number of nitrogens with zero attached hydrogens (tertiary/aromatic N) is 1. The van der Waals surface area contributed by atoms with E-state index in [4.69, 9.17) is 4.74 Å². The summed E-state index contributed by atoms with van der Waals surface area (Å²) in [5.74, 6) is -3.84. The molecule has 0 radical (unpaired) electrons. The maximum Gasteiger partial charge on any atom is 0.328 e. The zero-order chi connectivity index (χ0) is 46.2. The van der Waals surface area contributed by atoms with Crippen LogP contribution in [0.1, 0.15) is 99.5 Å². The lowest BCUT2D eigenvalue weighted by Crippen LogP contribution is -2.59. The van der Waals surface area contributed by atoms with Crippen molar-refractivity contribution in [3.05, 3.63) is 35.9 Å². The first-order chi connectivity index (χ1) is 29.4. The van der Waals surface area contributed by atoms with Crippen LogP contribution in [0.25, 0.3) is 0 Å². The maximum atomic E-state index is 13.6. The molecule has 350 valence electrons. The fraction of sp³-hybridized carbons (Fsp3) is 0.711. The number of ether oxygens (including phenoxy) is 1. The molecular weight excluding hydrogens is 795 g/mol. The van der Waals surface area contributed by atoms with Crippen LogP contribution in [-0.2, 0) is 44.7 Å². The van der Waals surface area contributed by atoms with E-state index in [2.05, 4.69) is 47.4 Å². The molecule has 0 bridgehead atoms. The largest absolute Gasteiger partial charge is 0.467 e. The summed E-state index contributed by atoms with van der Waals surface area (Å²) >= 11 is 0. The van der Waals surface area contributed by atoms with Gasteiger partial charge < -0.3 is 47.3 Å². The Labute approximate surface area is 369 Å². The molecule has 1 heterocycles. The van der Waals surface area contributed by atoms with Crippen LogP contribution in [0.2, 0.25) is 0 Å². The lowest BCUT2D eigenvalue weighted by atomic mass is 10.0. The second-order valence-corrected chi connectivity index (χ2v) is 17.7. The van der Waals surface area contributed by atoms with E-state index in [-0.39, 0.29) is 49.5 Å². The van der Waals surface area contributed by atoms with E-state index in [0.29, 0.717) is 6.42 Å². The minimum Gasteiger partial charge on any atom is -0.467 e. The van der Waals surface area contributed by atoms with Crippen LogP contribution in [0, 0.1) is 17.8 Å². The quantitative estimate of drug-likeness (QED) is 0.0772. The van der Waals surface area contributed by atoms with E-state index in [1.54, 1.807) is 0 Å². The number of nitrogens with one attached hydrogen (secondary N) is 8. The van der Waals surface area contributed by atoms with Gasteiger partial charge in [-0.15, -0.1) is 0 Å². The first-order valence-corrected chi connectivity index (χ1v) is 22.5. The van der Waals surface area contributed by atoms with Crippen LogP contribution >= 0.6 is 0 Å². The summed E-state index contributed by atoms with van der Waals surface area (Å²) in [5.41, 5.74) is 0.810. The monoisotopic (exact) mass is 872 g/mol. The smallest absolute Gasteiger partial charge is 0.328 e. The average molecular weight is 872 g/mol. The summed E-state index contributed by atoms with van der Waals surface area (Å²) in [6.07, 6.45) is 3.90. The highest BCUT2D eigenvalue weighted by atomic mass is 16.5. The molecule has 1 aromatic carbocycles. The predicted molar refractivity (Wildman–Crippen MR) is 239 cm³/mol. The molecule has 17 nitrogen and oxygen atoms in total. The van der Waals surface area contributed by atoms with Crippen LogP contribution in [-0.4, -0.2) is 135 Å². The van der Waals surface area contributed by atoms with Gasteiger partial charge in [0.25, 0.3) is 0 Å². The molecule has 62 heavy (non-hydrogen) atoms. The van der Waals surface area contributed by atoms with Crippen molar-refractivity contribution in [2.24, 2.45) is 17.8 Å². The third kappa shape index (κ3) is 21.5. The van der Waals surface area contributed by atoms with Gasteiger partial charge in [0.05, 0.1) is 13.7 Å². The van der Waals surface area contributed by atoms with Crippen LogP contribution < -0.4 is 42.5 Å². The first-order valence-electron chi connectivity index (χ1n) is 22.5. The van der Waals surface area contributed by atoms with Crippen molar-refractivity contribution in [3.8, 4) is 0 Å². The number of methoxy groups -OCH3 is 1. The number of hydrogen-bond acceptors (Lipinski definition) is 11. The van der Waals surface area contributed by atoms with Crippen molar-refractivity contribution in [2.45, 2.75) is 137 Å². The SMILES string of the molecule is COC(=O)[C@H](Cc1ccccc1)NC(=O)[C@H](CC(C)C)NC(=O)[C@H](C)NC(=O)[C@H](CC(C)C)NC(=O)[C@H](C)NC(=O)[C@H](CC(C)C)NC(=O)CN1CCCNCCCNCCC1. The molecule has 1 fully saturated rings. The Kier molecular flexibility index (Phi) is 24.9. The highest BCUT2D eigenvalue weighted by molar-refractivity contribution is 5.96. The van der Waals surface area contributed by atoms with Gasteiger partial charge in [0.2, 0.25) is 35.4 Å². The number of carbonyl (C=O) groups excluding carboxylic acids is 7. The van der Waals surface area contributed by atoms with E-state index >= 15 is 0 Å². The molecule has 1 aromatic rings. The molecule has 0 saturated carbocycles. The molecule has 17 heteroatoms. The molecule has 0 unspecified atom stereocenters. The van der Waals surface area contributed by atoms with Gasteiger partial charge in [-0.1, -0.05) is 71.9 Å². The zero-order valence-corrected chi connectivity index (χ0v) is 38.7. The summed E-state index contributed by atoms with van der Waals surface area (Å²) < 4.78 is 4.94. The number of benzene rings is 1. The van der Waals surface area contributed by atoms with Gasteiger partial charge in [-0.25, -0.2) is 4.79 Å². The Morgan fingerprint density at radius 1 is 0.548 bits per heavy atom. The average Bonchev–Trinajstić information content (AvgIpc) is 3.20.